The minimum Gasteiger partial charge on any atom is -0.480 e. The molecule has 2 saturated heterocycles. The maximum Gasteiger partial charge on any atom is 0.324 e. The van der Waals surface area contributed by atoms with Gasteiger partial charge in [-0.05, 0) is 26.4 Å². The van der Waals surface area contributed by atoms with Crippen LogP contribution in [0.15, 0.2) is 0 Å². The van der Waals surface area contributed by atoms with Crippen molar-refractivity contribution in [3.05, 3.63) is 0 Å². The second kappa shape index (κ2) is 5.59. The third kappa shape index (κ3) is 2.29. The van der Waals surface area contributed by atoms with Gasteiger partial charge < -0.3 is 20.3 Å². The number of hydrogen-bond donors (Lipinski definition) is 3. The summed E-state index contributed by atoms with van der Waals surface area (Å²) in [5.41, 5.74) is -0.745. The lowest BCUT2D eigenvalue weighted by molar-refractivity contribution is -0.146. The van der Waals surface area contributed by atoms with Crippen LogP contribution in [0.3, 0.4) is 0 Å². The SMILES string of the molecule is CN1CC[C@H]2[C@@H]1CN[C@@]2(CCCC[B]O)C(=O)O. The number of carbonyl (C=O) groups is 1. The van der Waals surface area contributed by atoms with Gasteiger partial charge in [0.15, 0.2) is 0 Å². The van der Waals surface area contributed by atoms with E-state index < -0.39 is 11.5 Å². The second-order valence-electron chi connectivity index (χ2n) is 5.53. The quantitative estimate of drug-likeness (QED) is 0.456. The van der Waals surface area contributed by atoms with E-state index in [-0.39, 0.29) is 5.92 Å². The van der Waals surface area contributed by atoms with Gasteiger partial charge in [0.05, 0.1) is 0 Å². The molecule has 0 amide bonds. The van der Waals surface area contributed by atoms with E-state index in [4.69, 9.17) is 5.02 Å². The molecule has 3 atom stereocenters. The molecule has 1 radical (unpaired) electrons. The smallest absolute Gasteiger partial charge is 0.324 e. The number of aliphatic carboxylic acids is 1. The van der Waals surface area contributed by atoms with Crippen molar-refractivity contribution in [3.8, 4) is 0 Å². The predicted molar refractivity (Wildman–Crippen MR) is 69.5 cm³/mol. The van der Waals surface area contributed by atoms with Gasteiger partial charge in [0.2, 0.25) is 0 Å². The van der Waals surface area contributed by atoms with Crippen molar-refractivity contribution in [2.45, 2.75) is 43.6 Å². The fourth-order valence-electron chi connectivity index (χ4n) is 3.55. The number of carboxylic acid groups (broad SMARTS) is 1. The second-order valence-corrected chi connectivity index (χ2v) is 5.53. The molecule has 0 aromatic heterocycles. The first kappa shape index (κ1) is 13.8. The number of hydrogen-bond acceptors (Lipinski definition) is 4. The molecule has 0 bridgehead atoms. The van der Waals surface area contributed by atoms with E-state index in [1.54, 1.807) is 0 Å². The minimum atomic E-state index is -0.745. The summed E-state index contributed by atoms with van der Waals surface area (Å²) in [5, 5.41) is 21.5. The molecule has 2 rings (SSSR count). The molecular formula is C12H22BN2O3. The van der Waals surface area contributed by atoms with E-state index in [0.29, 0.717) is 18.8 Å². The molecule has 5 nitrogen and oxygen atoms in total. The third-order valence-corrected chi connectivity index (χ3v) is 4.62. The molecule has 2 heterocycles. The average Bonchev–Trinajstić information content (AvgIpc) is 2.88. The van der Waals surface area contributed by atoms with Crippen LogP contribution < -0.4 is 5.32 Å². The summed E-state index contributed by atoms with van der Waals surface area (Å²) in [6.45, 7) is 1.77. The summed E-state index contributed by atoms with van der Waals surface area (Å²) < 4.78 is 0. The molecule has 0 aliphatic carbocycles. The number of likely N-dealkylation sites (N-methyl/N-ethyl adjacent to an activating group) is 1. The molecule has 2 fully saturated rings. The molecule has 101 valence electrons. The molecular weight excluding hydrogens is 231 g/mol. The van der Waals surface area contributed by atoms with Gasteiger partial charge in [-0.3, -0.25) is 4.79 Å². The summed E-state index contributed by atoms with van der Waals surface area (Å²) in [4.78, 5) is 14.0. The number of carboxylic acids is 1. The van der Waals surface area contributed by atoms with Crippen LogP contribution in [0.1, 0.15) is 25.7 Å². The van der Waals surface area contributed by atoms with Crippen molar-refractivity contribution in [1.82, 2.24) is 10.2 Å². The van der Waals surface area contributed by atoms with Crippen LogP contribution in [0.5, 0.6) is 0 Å². The largest absolute Gasteiger partial charge is 0.480 e. The number of rotatable bonds is 6. The standard InChI is InChI=1S/C12H22BN2O3/c1-15-7-4-9-10(15)8-14-12(9,11(16)17)5-2-3-6-13-18/h9-10,14,18H,2-8H2,1H3,(H,16,17)/t9-,10-,12+/m0/s1. The van der Waals surface area contributed by atoms with E-state index >= 15 is 0 Å². The van der Waals surface area contributed by atoms with Gasteiger partial charge in [-0.15, -0.1) is 0 Å². The number of likely N-dealkylation sites (tertiary alicyclic amines) is 1. The lowest BCUT2D eigenvalue weighted by Gasteiger charge is -2.30. The first-order valence-corrected chi connectivity index (χ1v) is 6.76. The van der Waals surface area contributed by atoms with Gasteiger partial charge in [0.1, 0.15) is 5.54 Å². The summed E-state index contributed by atoms with van der Waals surface area (Å²) in [6, 6.07) is 0.366. The normalized spacial score (nSPS) is 35.7. The zero-order chi connectivity index (χ0) is 13.2. The Morgan fingerprint density at radius 3 is 3.00 bits per heavy atom. The summed E-state index contributed by atoms with van der Waals surface area (Å²) in [6.07, 6.45) is 3.95. The molecule has 18 heavy (non-hydrogen) atoms. The fraction of sp³-hybridized carbons (Fsp3) is 0.917. The Bertz CT molecular complexity index is 316. The molecule has 0 unspecified atom stereocenters. The first-order valence-electron chi connectivity index (χ1n) is 6.76. The number of fused-ring (bicyclic) bond motifs is 1. The van der Waals surface area contributed by atoms with Crippen molar-refractivity contribution < 1.29 is 14.9 Å². The summed E-state index contributed by atoms with van der Waals surface area (Å²) >= 11 is 0. The maximum atomic E-state index is 11.7. The Hall–Kier alpha value is -0.585. The van der Waals surface area contributed by atoms with Crippen LogP contribution >= 0.6 is 0 Å². The van der Waals surface area contributed by atoms with Crippen LogP contribution in [0.4, 0.5) is 0 Å². The molecule has 3 N–H and O–H groups in total. The lowest BCUT2D eigenvalue weighted by Crippen LogP contribution is -2.52. The Labute approximate surface area is 109 Å². The van der Waals surface area contributed by atoms with Crippen LogP contribution in [-0.4, -0.2) is 60.2 Å². The van der Waals surface area contributed by atoms with Crippen molar-refractivity contribution >= 4 is 13.5 Å². The van der Waals surface area contributed by atoms with Crippen molar-refractivity contribution in [2.75, 3.05) is 20.1 Å². The van der Waals surface area contributed by atoms with Crippen LogP contribution in [0.25, 0.3) is 0 Å². The number of unbranched alkanes of at least 4 members (excludes halogenated alkanes) is 1. The Kier molecular flexibility index (Phi) is 4.30. The van der Waals surface area contributed by atoms with E-state index in [9.17, 15) is 9.90 Å². The predicted octanol–water partition coefficient (Wildman–Crippen LogP) is -0.0666. The zero-order valence-electron chi connectivity index (χ0n) is 10.9. The first-order chi connectivity index (χ1) is 8.62. The van der Waals surface area contributed by atoms with E-state index in [0.717, 1.165) is 39.8 Å². The van der Waals surface area contributed by atoms with Crippen LogP contribution in [0.2, 0.25) is 6.32 Å². The molecule has 0 aromatic carbocycles. The highest BCUT2D eigenvalue weighted by Crippen LogP contribution is 2.40. The summed E-state index contributed by atoms with van der Waals surface area (Å²) in [7, 11) is 3.23. The highest BCUT2D eigenvalue weighted by molar-refractivity contribution is 6.25. The van der Waals surface area contributed by atoms with Crippen molar-refractivity contribution in [2.24, 2.45) is 5.92 Å². The molecule has 6 heteroatoms. The fourth-order valence-corrected chi connectivity index (χ4v) is 3.55. The molecule has 0 aromatic rings. The monoisotopic (exact) mass is 253 g/mol. The van der Waals surface area contributed by atoms with Gasteiger partial charge >= 0.3 is 5.97 Å². The molecule has 2 aliphatic rings. The highest BCUT2D eigenvalue weighted by atomic mass is 16.4. The van der Waals surface area contributed by atoms with Crippen LogP contribution in [-0.2, 0) is 4.79 Å². The number of nitrogens with one attached hydrogen (secondary N) is 1. The van der Waals surface area contributed by atoms with Crippen LogP contribution in [0, 0.1) is 5.92 Å². The van der Waals surface area contributed by atoms with E-state index in [1.807, 2.05) is 0 Å². The third-order valence-electron chi connectivity index (χ3n) is 4.62. The van der Waals surface area contributed by atoms with Crippen molar-refractivity contribution in [3.63, 3.8) is 0 Å². The van der Waals surface area contributed by atoms with Gasteiger partial charge in [-0.2, -0.15) is 0 Å². The maximum absolute atomic E-state index is 11.7. The van der Waals surface area contributed by atoms with Gasteiger partial charge in [-0.1, -0.05) is 19.2 Å². The Morgan fingerprint density at radius 1 is 1.56 bits per heavy atom. The van der Waals surface area contributed by atoms with Gasteiger partial charge in [0.25, 0.3) is 7.48 Å². The lowest BCUT2D eigenvalue weighted by atomic mass is 9.78. The van der Waals surface area contributed by atoms with E-state index in [1.165, 1.54) is 0 Å². The van der Waals surface area contributed by atoms with Gasteiger partial charge in [0, 0.05) is 18.5 Å². The molecule has 0 spiro atoms. The average molecular weight is 253 g/mol. The van der Waals surface area contributed by atoms with Gasteiger partial charge in [-0.25, -0.2) is 0 Å². The topological polar surface area (TPSA) is 72.8 Å². The highest BCUT2D eigenvalue weighted by Gasteiger charge is 2.56. The Balaban J connectivity index is 2.02. The molecule has 0 saturated carbocycles. The number of nitrogens with zero attached hydrogens (tertiary/aromatic N) is 1. The molecule has 2 aliphatic heterocycles. The zero-order valence-corrected chi connectivity index (χ0v) is 10.9. The summed E-state index contributed by atoms with van der Waals surface area (Å²) in [5.74, 6) is -0.489. The Morgan fingerprint density at radius 2 is 2.33 bits per heavy atom. The minimum absolute atomic E-state index is 0.220. The van der Waals surface area contributed by atoms with E-state index in [2.05, 4.69) is 17.3 Å². The van der Waals surface area contributed by atoms with Crippen molar-refractivity contribution in [1.29, 1.82) is 0 Å².